The highest BCUT2D eigenvalue weighted by molar-refractivity contribution is 5.97. The molecule has 1 fully saturated rings. The van der Waals surface area contributed by atoms with Crippen molar-refractivity contribution < 1.29 is 4.79 Å². The molecule has 110 valence electrons. The van der Waals surface area contributed by atoms with Gasteiger partial charge in [0, 0.05) is 13.0 Å². The van der Waals surface area contributed by atoms with E-state index in [1.165, 1.54) is 11.1 Å². The molecule has 0 aromatic heterocycles. The number of hydrogen-bond donors (Lipinski definition) is 1. The molecule has 3 heteroatoms. The topological polar surface area (TPSA) is 46.3 Å². The monoisotopic (exact) mass is 274 g/mol. The number of hydrogen-bond acceptors (Lipinski definition) is 2. The molecular weight excluding hydrogens is 248 g/mol. The zero-order valence-electron chi connectivity index (χ0n) is 13.0. The molecule has 2 rings (SSSR count). The van der Waals surface area contributed by atoms with Crippen LogP contribution >= 0.6 is 0 Å². The summed E-state index contributed by atoms with van der Waals surface area (Å²) < 4.78 is 0. The van der Waals surface area contributed by atoms with E-state index in [-0.39, 0.29) is 5.91 Å². The molecule has 1 aliphatic heterocycles. The van der Waals surface area contributed by atoms with Gasteiger partial charge in [0.2, 0.25) is 5.91 Å². The molecule has 20 heavy (non-hydrogen) atoms. The summed E-state index contributed by atoms with van der Waals surface area (Å²) in [6.45, 7) is 10.1. The van der Waals surface area contributed by atoms with E-state index in [4.69, 9.17) is 5.73 Å². The SMILES string of the molecule is CC(C)c1cccc(C(C)C)c1N1CC(CN)CC1=O. The number of carbonyl (C=O) groups excluding carboxylic acids is 1. The van der Waals surface area contributed by atoms with Gasteiger partial charge in [-0.15, -0.1) is 0 Å². The van der Waals surface area contributed by atoms with Gasteiger partial charge in [-0.2, -0.15) is 0 Å². The van der Waals surface area contributed by atoms with Crippen LogP contribution in [0.1, 0.15) is 57.1 Å². The summed E-state index contributed by atoms with van der Waals surface area (Å²) in [5, 5.41) is 0. The second kappa shape index (κ2) is 5.96. The van der Waals surface area contributed by atoms with E-state index in [9.17, 15) is 4.79 Å². The minimum absolute atomic E-state index is 0.218. The van der Waals surface area contributed by atoms with Gasteiger partial charge in [-0.25, -0.2) is 0 Å². The number of nitrogens with zero attached hydrogens (tertiary/aromatic N) is 1. The van der Waals surface area contributed by atoms with Gasteiger partial charge in [0.05, 0.1) is 5.69 Å². The van der Waals surface area contributed by atoms with Gasteiger partial charge < -0.3 is 10.6 Å². The number of carbonyl (C=O) groups is 1. The molecule has 1 aromatic rings. The zero-order valence-corrected chi connectivity index (χ0v) is 13.0. The highest BCUT2D eigenvalue weighted by Gasteiger charge is 2.32. The molecular formula is C17H26N2O. The van der Waals surface area contributed by atoms with E-state index in [0.717, 1.165) is 12.2 Å². The van der Waals surface area contributed by atoms with Crippen LogP contribution in [0.5, 0.6) is 0 Å². The molecule has 3 nitrogen and oxygen atoms in total. The molecule has 0 spiro atoms. The van der Waals surface area contributed by atoms with E-state index in [1.807, 2.05) is 4.90 Å². The average Bonchev–Trinajstić information content (AvgIpc) is 2.78. The molecule has 0 aliphatic carbocycles. The summed E-state index contributed by atoms with van der Waals surface area (Å²) in [5.41, 5.74) is 9.42. The lowest BCUT2D eigenvalue weighted by atomic mass is 9.92. The fourth-order valence-corrected chi connectivity index (χ4v) is 2.98. The van der Waals surface area contributed by atoms with Gasteiger partial charge in [-0.05, 0) is 35.4 Å². The third kappa shape index (κ3) is 2.73. The maximum atomic E-state index is 12.4. The summed E-state index contributed by atoms with van der Waals surface area (Å²) in [7, 11) is 0. The van der Waals surface area contributed by atoms with Crippen molar-refractivity contribution in [3.05, 3.63) is 29.3 Å². The van der Waals surface area contributed by atoms with Crippen LogP contribution in [-0.4, -0.2) is 19.0 Å². The van der Waals surface area contributed by atoms with Crippen LogP contribution in [0.2, 0.25) is 0 Å². The Morgan fingerprint density at radius 1 is 1.20 bits per heavy atom. The first-order valence-corrected chi connectivity index (χ1v) is 7.58. The normalized spacial score (nSPS) is 19.4. The van der Waals surface area contributed by atoms with Gasteiger partial charge in [0.1, 0.15) is 0 Å². The number of para-hydroxylation sites is 1. The van der Waals surface area contributed by atoms with Gasteiger partial charge in [0.25, 0.3) is 0 Å². The number of benzene rings is 1. The number of anilines is 1. The smallest absolute Gasteiger partial charge is 0.227 e. The Bertz CT molecular complexity index is 468. The molecule has 1 aliphatic rings. The standard InChI is InChI=1S/C17H26N2O/c1-11(2)14-6-5-7-15(12(3)4)17(14)19-10-13(9-18)8-16(19)20/h5-7,11-13H,8-10,18H2,1-4H3. The highest BCUT2D eigenvalue weighted by Crippen LogP contribution is 2.38. The number of amides is 1. The largest absolute Gasteiger partial charge is 0.330 e. The summed E-state index contributed by atoms with van der Waals surface area (Å²) >= 11 is 0. The summed E-state index contributed by atoms with van der Waals surface area (Å²) in [5.74, 6) is 1.33. The van der Waals surface area contributed by atoms with E-state index in [1.54, 1.807) is 0 Å². The van der Waals surface area contributed by atoms with Gasteiger partial charge in [-0.1, -0.05) is 45.9 Å². The first-order valence-electron chi connectivity index (χ1n) is 7.58. The van der Waals surface area contributed by atoms with Crippen molar-refractivity contribution in [3.8, 4) is 0 Å². The summed E-state index contributed by atoms with van der Waals surface area (Å²) in [6.07, 6.45) is 0.584. The second-order valence-electron chi connectivity index (χ2n) is 6.40. The third-order valence-electron chi connectivity index (χ3n) is 4.15. The Morgan fingerprint density at radius 3 is 2.15 bits per heavy atom. The third-order valence-corrected chi connectivity index (χ3v) is 4.15. The minimum Gasteiger partial charge on any atom is -0.330 e. The molecule has 0 radical (unpaired) electrons. The van der Waals surface area contributed by atoms with Crippen molar-refractivity contribution in [2.75, 3.05) is 18.0 Å². The van der Waals surface area contributed by atoms with E-state index >= 15 is 0 Å². The van der Waals surface area contributed by atoms with Crippen molar-refractivity contribution in [1.82, 2.24) is 0 Å². The maximum Gasteiger partial charge on any atom is 0.227 e. The molecule has 1 amide bonds. The molecule has 1 aromatic carbocycles. The lowest BCUT2D eigenvalue weighted by Crippen LogP contribution is -2.28. The molecule has 2 N–H and O–H groups in total. The first kappa shape index (κ1) is 15.0. The van der Waals surface area contributed by atoms with Crippen LogP contribution in [0.15, 0.2) is 18.2 Å². The molecule has 1 atom stereocenters. The predicted molar refractivity (Wildman–Crippen MR) is 84.1 cm³/mol. The fraction of sp³-hybridized carbons (Fsp3) is 0.588. The quantitative estimate of drug-likeness (QED) is 0.916. The zero-order chi connectivity index (χ0) is 14.9. The Kier molecular flexibility index (Phi) is 4.48. The lowest BCUT2D eigenvalue weighted by Gasteiger charge is -2.27. The van der Waals surface area contributed by atoms with Crippen molar-refractivity contribution >= 4 is 11.6 Å². The number of nitrogens with two attached hydrogens (primary N) is 1. The molecule has 1 unspecified atom stereocenters. The van der Waals surface area contributed by atoms with Crippen LogP contribution in [0, 0.1) is 5.92 Å². The van der Waals surface area contributed by atoms with Crippen molar-refractivity contribution in [2.24, 2.45) is 11.7 Å². The Labute approximate surface area is 122 Å². The van der Waals surface area contributed by atoms with E-state index in [0.29, 0.717) is 30.7 Å². The molecule has 0 bridgehead atoms. The second-order valence-corrected chi connectivity index (χ2v) is 6.40. The van der Waals surface area contributed by atoms with Crippen molar-refractivity contribution in [3.63, 3.8) is 0 Å². The van der Waals surface area contributed by atoms with Crippen LogP contribution < -0.4 is 10.6 Å². The highest BCUT2D eigenvalue weighted by atomic mass is 16.2. The lowest BCUT2D eigenvalue weighted by molar-refractivity contribution is -0.117. The van der Waals surface area contributed by atoms with Crippen LogP contribution in [0.3, 0.4) is 0 Å². The fourth-order valence-electron chi connectivity index (χ4n) is 2.98. The van der Waals surface area contributed by atoms with Crippen molar-refractivity contribution in [1.29, 1.82) is 0 Å². The summed E-state index contributed by atoms with van der Waals surface area (Å²) in [4.78, 5) is 14.3. The van der Waals surface area contributed by atoms with Crippen LogP contribution in [0.4, 0.5) is 5.69 Å². The molecule has 1 heterocycles. The van der Waals surface area contributed by atoms with Crippen LogP contribution in [-0.2, 0) is 4.79 Å². The summed E-state index contributed by atoms with van der Waals surface area (Å²) in [6, 6.07) is 6.40. The van der Waals surface area contributed by atoms with Crippen LogP contribution in [0.25, 0.3) is 0 Å². The Hall–Kier alpha value is -1.35. The van der Waals surface area contributed by atoms with E-state index < -0.39 is 0 Å². The predicted octanol–water partition coefficient (Wildman–Crippen LogP) is 3.25. The average molecular weight is 274 g/mol. The first-order chi connectivity index (χ1) is 9.45. The van der Waals surface area contributed by atoms with Gasteiger partial charge in [0.15, 0.2) is 0 Å². The maximum absolute atomic E-state index is 12.4. The van der Waals surface area contributed by atoms with Gasteiger partial charge in [-0.3, -0.25) is 4.79 Å². The van der Waals surface area contributed by atoms with Gasteiger partial charge >= 0.3 is 0 Å². The van der Waals surface area contributed by atoms with E-state index in [2.05, 4.69) is 45.9 Å². The number of rotatable bonds is 4. The Morgan fingerprint density at radius 2 is 1.75 bits per heavy atom. The minimum atomic E-state index is 0.218. The molecule has 1 saturated heterocycles. The Balaban J connectivity index is 2.51. The van der Waals surface area contributed by atoms with Crippen molar-refractivity contribution in [2.45, 2.75) is 46.0 Å². The molecule has 0 saturated carbocycles.